The molecule has 11 nitrogen and oxygen atoms in total. The molecule has 0 saturated heterocycles. The number of H-pyrrole nitrogens is 1. The van der Waals surface area contributed by atoms with Crippen molar-refractivity contribution < 1.29 is 22.7 Å². The van der Waals surface area contributed by atoms with Gasteiger partial charge in [-0.1, -0.05) is 61.9 Å². The summed E-state index contributed by atoms with van der Waals surface area (Å²) in [5.74, 6) is 0.428. The van der Waals surface area contributed by atoms with Crippen molar-refractivity contribution in [1.29, 1.82) is 0 Å². The zero-order valence-corrected chi connectivity index (χ0v) is 27.9. The Balaban J connectivity index is 1.27. The van der Waals surface area contributed by atoms with E-state index >= 15 is 0 Å². The lowest BCUT2D eigenvalue weighted by Gasteiger charge is -2.14. The molecular formula is C32H33ClN6O5S2. The van der Waals surface area contributed by atoms with E-state index in [1.54, 1.807) is 42.5 Å². The number of rotatable bonds is 13. The second kappa shape index (κ2) is 14.4. The van der Waals surface area contributed by atoms with Gasteiger partial charge in [-0.05, 0) is 82.9 Å². The summed E-state index contributed by atoms with van der Waals surface area (Å²) >= 11 is 7.35. The van der Waals surface area contributed by atoms with Gasteiger partial charge in [-0.15, -0.1) is 5.10 Å². The minimum absolute atomic E-state index is 0.0412. The molecule has 0 aliphatic carbocycles. The number of carbonyl (C=O) groups is 1. The first-order chi connectivity index (χ1) is 22.0. The van der Waals surface area contributed by atoms with E-state index in [0.29, 0.717) is 45.9 Å². The number of nitrogens with one attached hydrogen (secondary N) is 2. The zero-order valence-electron chi connectivity index (χ0n) is 25.5. The molecule has 2 N–H and O–H groups in total. The number of aromatic nitrogens is 5. The van der Waals surface area contributed by atoms with Gasteiger partial charge >= 0.3 is 0 Å². The van der Waals surface area contributed by atoms with Crippen LogP contribution in [0.1, 0.15) is 60.2 Å². The molecule has 0 atom stereocenters. The van der Waals surface area contributed by atoms with Crippen LogP contribution >= 0.6 is 22.9 Å². The number of anilines is 1. The Bertz CT molecular complexity index is 1890. The van der Waals surface area contributed by atoms with Gasteiger partial charge in [-0.25, -0.2) is 18.5 Å². The number of carbonyl (C=O) groups excluding carboxylic acids is 1. The van der Waals surface area contributed by atoms with E-state index in [4.69, 9.17) is 21.1 Å². The number of ether oxygens (including phenoxy) is 2. The maximum absolute atomic E-state index is 13.4. The summed E-state index contributed by atoms with van der Waals surface area (Å²) in [6.07, 6.45) is 0.836. The lowest BCUT2D eigenvalue weighted by atomic mass is 9.93. The van der Waals surface area contributed by atoms with Gasteiger partial charge < -0.3 is 14.8 Å². The maximum atomic E-state index is 13.4. The molecule has 0 aliphatic heterocycles. The second-order valence-corrected chi connectivity index (χ2v) is 14.9. The Morgan fingerprint density at radius 3 is 2.52 bits per heavy atom. The number of nitrogens with zero attached hydrogens (tertiary/aromatic N) is 4. The van der Waals surface area contributed by atoms with Crippen LogP contribution in [0.4, 0.5) is 5.69 Å². The van der Waals surface area contributed by atoms with E-state index in [9.17, 15) is 13.2 Å². The summed E-state index contributed by atoms with van der Waals surface area (Å²) in [6.45, 7) is 6.60. The lowest BCUT2D eigenvalue weighted by Crippen LogP contribution is -2.14. The minimum atomic E-state index is -3.48. The highest BCUT2D eigenvalue weighted by atomic mass is 35.5. The lowest BCUT2D eigenvalue weighted by molar-refractivity contribution is 0.102. The van der Waals surface area contributed by atoms with Gasteiger partial charge in [0.05, 0.1) is 22.0 Å². The fourth-order valence-corrected chi connectivity index (χ4v) is 6.71. The van der Waals surface area contributed by atoms with Crippen molar-refractivity contribution in [3.63, 3.8) is 0 Å². The topological polar surface area (TPSA) is 149 Å². The van der Waals surface area contributed by atoms with Crippen LogP contribution in [0.25, 0.3) is 0 Å². The molecule has 14 heteroatoms. The van der Waals surface area contributed by atoms with Crippen molar-refractivity contribution in [2.45, 2.75) is 57.1 Å². The Hall–Kier alpha value is -4.33. The Morgan fingerprint density at radius 2 is 1.80 bits per heavy atom. The number of sulfone groups is 1. The van der Waals surface area contributed by atoms with Crippen LogP contribution in [0.3, 0.4) is 0 Å². The molecule has 2 heterocycles. The zero-order chi connectivity index (χ0) is 32.7. The molecule has 0 bridgehead atoms. The Morgan fingerprint density at radius 1 is 1.00 bits per heavy atom. The van der Waals surface area contributed by atoms with E-state index in [2.05, 4.69) is 51.7 Å². The van der Waals surface area contributed by atoms with Gasteiger partial charge in [0.2, 0.25) is 0 Å². The number of hydrogen-bond acceptors (Lipinski definition) is 10. The quantitative estimate of drug-likeness (QED) is 0.144. The molecule has 0 fully saturated rings. The van der Waals surface area contributed by atoms with Crippen LogP contribution < -0.4 is 14.8 Å². The van der Waals surface area contributed by atoms with Gasteiger partial charge in [0.15, 0.2) is 15.7 Å². The molecule has 0 aliphatic rings. The molecule has 3 aromatic carbocycles. The monoisotopic (exact) mass is 680 g/mol. The van der Waals surface area contributed by atoms with Gasteiger partial charge in [0.25, 0.3) is 11.1 Å². The van der Waals surface area contributed by atoms with E-state index in [1.165, 1.54) is 23.5 Å². The summed E-state index contributed by atoms with van der Waals surface area (Å²) in [4.78, 5) is 18.2. The van der Waals surface area contributed by atoms with Crippen LogP contribution in [-0.2, 0) is 34.9 Å². The van der Waals surface area contributed by atoms with Crippen LogP contribution in [0.2, 0.25) is 5.02 Å². The van der Waals surface area contributed by atoms with E-state index in [1.807, 2.05) is 17.5 Å². The molecular weight excluding hydrogens is 648 g/mol. The molecule has 5 rings (SSSR count). The third-order valence-electron chi connectivity index (χ3n) is 6.90. The Labute approximate surface area is 276 Å². The molecule has 1 amide bonds. The highest BCUT2D eigenvalue weighted by molar-refractivity contribution is 7.91. The van der Waals surface area contributed by atoms with Crippen molar-refractivity contribution in [3.8, 4) is 10.9 Å². The first kappa shape index (κ1) is 33.0. The van der Waals surface area contributed by atoms with Crippen molar-refractivity contribution in [2.24, 2.45) is 0 Å². The van der Waals surface area contributed by atoms with Crippen LogP contribution in [-0.4, -0.2) is 45.7 Å². The van der Waals surface area contributed by atoms with Gasteiger partial charge in [-0.2, -0.15) is 0 Å². The standard InChI is InChI=1S/C32H33ClN6O5S2/c1-32(2,3)28-20-45-31(35-28)44-18-22-6-4-8-23(16-22)30(40)34-26-17-21(9-14-27(26)43-19-29-36-38-39-37-29)7-5-15-46(41,42)25-12-10-24(33)11-13-25/h4,6,8-14,16-17,20H,5,7,15,18-19H2,1-3H3,(H,34,40)(H,36,37,38,39). The van der Waals surface area contributed by atoms with Gasteiger partial charge in [0, 0.05) is 21.4 Å². The fourth-order valence-electron chi connectivity index (χ4n) is 4.38. The fraction of sp³-hybridized carbons (Fsp3) is 0.281. The summed E-state index contributed by atoms with van der Waals surface area (Å²) in [7, 11) is -3.48. The maximum Gasteiger partial charge on any atom is 0.273 e. The van der Waals surface area contributed by atoms with Crippen molar-refractivity contribution in [2.75, 3.05) is 11.1 Å². The summed E-state index contributed by atoms with van der Waals surface area (Å²) in [6, 6.07) is 18.6. The molecule has 240 valence electrons. The number of thiazole rings is 1. The SMILES string of the molecule is CC(C)(C)c1csc(OCc2cccc(C(=O)Nc3cc(CCCS(=O)(=O)c4ccc(Cl)cc4)ccc3OCc3nnn[nH]3)c2)n1. The van der Waals surface area contributed by atoms with Crippen LogP contribution in [0, 0.1) is 0 Å². The number of benzene rings is 3. The number of hydrogen-bond donors (Lipinski definition) is 2. The average Bonchev–Trinajstić information content (AvgIpc) is 3.73. The molecule has 0 saturated carbocycles. The van der Waals surface area contributed by atoms with Crippen molar-refractivity contribution in [3.05, 3.63) is 105 Å². The number of tetrazole rings is 1. The first-order valence-electron chi connectivity index (χ1n) is 14.4. The van der Waals surface area contributed by atoms with Crippen molar-refractivity contribution >= 4 is 44.4 Å². The third kappa shape index (κ3) is 8.89. The predicted molar refractivity (Wildman–Crippen MR) is 176 cm³/mol. The predicted octanol–water partition coefficient (Wildman–Crippen LogP) is 6.42. The van der Waals surface area contributed by atoms with Gasteiger partial charge in [0.1, 0.15) is 19.0 Å². The molecule has 5 aromatic rings. The highest BCUT2D eigenvalue weighted by Gasteiger charge is 2.19. The molecule has 0 spiro atoms. The van der Waals surface area contributed by atoms with E-state index in [0.717, 1.165) is 16.8 Å². The average molecular weight is 681 g/mol. The molecule has 46 heavy (non-hydrogen) atoms. The van der Waals surface area contributed by atoms with Crippen LogP contribution in [0.5, 0.6) is 10.9 Å². The van der Waals surface area contributed by atoms with E-state index < -0.39 is 9.84 Å². The van der Waals surface area contributed by atoms with Crippen molar-refractivity contribution in [1.82, 2.24) is 25.6 Å². The highest BCUT2D eigenvalue weighted by Crippen LogP contribution is 2.30. The molecule has 0 unspecified atom stereocenters. The van der Waals surface area contributed by atoms with E-state index in [-0.39, 0.29) is 35.2 Å². The summed E-state index contributed by atoms with van der Waals surface area (Å²) < 4.78 is 37.4. The first-order valence-corrected chi connectivity index (χ1v) is 17.3. The Kier molecular flexibility index (Phi) is 10.3. The third-order valence-corrected chi connectivity index (χ3v) is 9.72. The molecule has 2 aromatic heterocycles. The number of halogens is 1. The number of aromatic amines is 1. The summed E-state index contributed by atoms with van der Waals surface area (Å²) in [5, 5.41) is 19.6. The summed E-state index contributed by atoms with van der Waals surface area (Å²) in [5.41, 5.74) is 3.39. The molecule has 0 radical (unpaired) electrons. The van der Waals surface area contributed by atoms with Crippen LogP contribution in [0.15, 0.2) is 77.0 Å². The largest absolute Gasteiger partial charge is 0.483 e. The smallest absolute Gasteiger partial charge is 0.273 e. The van der Waals surface area contributed by atoms with Gasteiger partial charge in [-0.3, -0.25) is 4.79 Å². The number of aryl methyl sites for hydroxylation is 1. The minimum Gasteiger partial charge on any atom is -0.483 e. The normalized spacial score (nSPS) is 11.7. The second-order valence-electron chi connectivity index (χ2n) is 11.5. The number of amides is 1.